The molecular weight excluding hydrogens is 1020 g/mol. The van der Waals surface area contributed by atoms with Crippen LogP contribution in [0.5, 0.6) is 0 Å². The van der Waals surface area contributed by atoms with Crippen LogP contribution in [0.25, 0.3) is 0 Å². The zero-order chi connectivity index (χ0) is 59.1. The Bertz CT molecular complexity index is 1410. The molecule has 3 atom stereocenters. The first-order valence-corrected chi connectivity index (χ1v) is 37.3. The molecule has 480 valence electrons. The number of aliphatic hydroxyl groups excluding tert-OH is 1. The molecule has 81 heavy (non-hydrogen) atoms. The van der Waals surface area contributed by atoms with Gasteiger partial charge in [0.05, 0.1) is 39.9 Å². The maximum atomic E-state index is 13.1. The Morgan fingerprint density at radius 3 is 1.04 bits per heavy atom. The molecule has 0 aromatic rings. The van der Waals surface area contributed by atoms with Gasteiger partial charge in [0, 0.05) is 6.42 Å². The molecule has 0 bridgehead atoms. The fourth-order valence-corrected chi connectivity index (χ4v) is 11.8. The third-order valence-electron chi connectivity index (χ3n) is 16.6. The molecule has 0 heterocycles. The third-order valence-corrected chi connectivity index (χ3v) is 17.6. The summed E-state index contributed by atoms with van der Waals surface area (Å²) in [5, 5.41) is 14.1. The number of likely N-dealkylation sites (N-methyl/N-ethyl adjacent to an activating group) is 1. The van der Waals surface area contributed by atoms with Gasteiger partial charge in [-0.25, -0.2) is 0 Å². The van der Waals surface area contributed by atoms with Crippen molar-refractivity contribution in [2.45, 2.75) is 379 Å². The maximum Gasteiger partial charge on any atom is 0.268 e. The van der Waals surface area contributed by atoms with E-state index >= 15 is 0 Å². The van der Waals surface area contributed by atoms with E-state index < -0.39 is 20.0 Å². The van der Waals surface area contributed by atoms with Crippen molar-refractivity contribution in [3.05, 3.63) is 36.5 Å². The minimum atomic E-state index is -4.58. The van der Waals surface area contributed by atoms with Crippen LogP contribution >= 0.6 is 7.82 Å². The highest BCUT2D eigenvalue weighted by Gasteiger charge is 2.24. The zero-order valence-corrected chi connectivity index (χ0v) is 55.9. The summed E-state index contributed by atoms with van der Waals surface area (Å²) >= 11 is 0. The number of phosphoric ester groups is 1. The molecule has 1 amide bonds. The fraction of sp³-hybridized carbons (Fsp3) is 0.903. The molecule has 0 fully saturated rings. The van der Waals surface area contributed by atoms with E-state index in [1.807, 2.05) is 21.1 Å². The highest BCUT2D eigenvalue weighted by molar-refractivity contribution is 7.45. The lowest BCUT2D eigenvalue weighted by molar-refractivity contribution is -0.870. The topological polar surface area (TPSA) is 108 Å². The Labute approximate surface area is 506 Å². The van der Waals surface area contributed by atoms with Crippen molar-refractivity contribution in [2.75, 3.05) is 40.9 Å². The lowest BCUT2D eigenvalue weighted by Crippen LogP contribution is -2.46. The molecule has 0 aromatic carbocycles. The highest BCUT2D eigenvalue weighted by Crippen LogP contribution is 2.38. The van der Waals surface area contributed by atoms with E-state index in [4.69, 9.17) is 9.05 Å². The second kappa shape index (κ2) is 63.2. The molecule has 8 nitrogen and oxygen atoms in total. The van der Waals surface area contributed by atoms with E-state index in [1.54, 1.807) is 0 Å². The van der Waals surface area contributed by atoms with Gasteiger partial charge in [0.25, 0.3) is 7.82 Å². The van der Waals surface area contributed by atoms with Gasteiger partial charge in [0.15, 0.2) is 0 Å². The summed E-state index contributed by atoms with van der Waals surface area (Å²) in [5.74, 6) is -0.161. The lowest BCUT2D eigenvalue weighted by Gasteiger charge is -2.30. The Morgan fingerprint density at radius 2 is 0.716 bits per heavy atom. The first kappa shape index (κ1) is 79.7. The van der Waals surface area contributed by atoms with Crippen LogP contribution in [-0.4, -0.2) is 68.5 Å². The molecule has 2 N–H and O–H groups in total. The van der Waals surface area contributed by atoms with E-state index in [9.17, 15) is 19.4 Å². The SMILES string of the molecule is CCCCCCC/C=C\C/C=C\C/C=C\CCCCCCCCCCCCCCC(=O)NC(COP(=O)([O-])OCC[N+](C)(C)C)C(O)CCCCCCCCCCCCCCCCCCCCCCCCCCCCCCCCCC. The summed E-state index contributed by atoms with van der Waals surface area (Å²) in [7, 11) is 1.32. The number of unbranched alkanes of at least 4 members (excludes halogenated alkanes) is 48. The number of rotatable bonds is 67. The van der Waals surface area contributed by atoms with E-state index in [1.165, 1.54) is 289 Å². The van der Waals surface area contributed by atoms with Crippen molar-refractivity contribution in [1.82, 2.24) is 5.32 Å². The van der Waals surface area contributed by atoms with Crippen molar-refractivity contribution >= 4 is 13.7 Å². The number of amides is 1. The van der Waals surface area contributed by atoms with Gasteiger partial charge in [-0.1, -0.05) is 346 Å². The molecule has 0 aliphatic rings. The van der Waals surface area contributed by atoms with Crippen molar-refractivity contribution in [2.24, 2.45) is 0 Å². The van der Waals surface area contributed by atoms with Gasteiger partial charge >= 0.3 is 0 Å². The predicted octanol–water partition coefficient (Wildman–Crippen LogP) is 22.2. The van der Waals surface area contributed by atoms with Gasteiger partial charge in [-0.2, -0.15) is 0 Å². The average molecular weight is 1160 g/mol. The van der Waals surface area contributed by atoms with Crippen LogP contribution in [0.4, 0.5) is 0 Å². The minimum absolute atomic E-state index is 0.0127. The van der Waals surface area contributed by atoms with Crippen LogP contribution < -0.4 is 10.2 Å². The number of nitrogens with zero attached hydrogens (tertiary/aromatic N) is 1. The smallest absolute Gasteiger partial charge is 0.268 e. The first-order chi connectivity index (χ1) is 39.5. The van der Waals surface area contributed by atoms with Crippen LogP contribution in [0, 0.1) is 0 Å². The third kappa shape index (κ3) is 66.1. The summed E-state index contributed by atoms with van der Waals surface area (Å²) < 4.78 is 23.5. The summed E-state index contributed by atoms with van der Waals surface area (Å²) in [4.78, 5) is 25.7. The second-order valence-corrected chi connectivity index (χ2v) is 27.4. The Hall–Kier alpha value is -1.28. The number of quaternary nitrogens is 1. The minimum Gasteiger partial charge on any atom is -0.756 e. The van der Waals surface area contributed by atoms with Crippen molar-refractivity contribution < 1.29 is 32.9 Å². The molecule has 0 saturated heterocycles. The number of allylic oxidation sites excluding steroid dienone is 6. The monoisotopic (exact) mass is 1160 g/mol. The summed E-state index contributed by atoms with van der Waals surface area (Å²) in [5.41, 5.74) is 0. The maximum absolute atomic E-state index is 13.1. The van der Waals surface area contributed by atoms with E-state index in [2.05, 4.69) is 55.6 Å². The number of nitrogens with one attached hydrogen (secondary N) is 1. The van der Waals surface area contributed by atoms with Gasteiger partial charge in [-0.3, -0.25) is 9.36 Å². The molecule has 0 rings (SSSR count). The molecule has 0 aliphatic heterocycles. The van der Waals surface area contributed by atoms with E-state index in [-0.39, 0.29) is 19.1 Å². The Kier molecular flexibility index (Phi) is 62.2. The second-order valence-electron chi connectivity index (χ2n) is 26.0. The van der Waals surface area contributed by atoms with Crippen LogP contribution in [0.15, 0.2) is 36.5 Å². The predicted molar refractivity (Wildman–Crippen MR) is 353 cm³/mol. The van der Waals surface area contributed by atoms with Gasteiger partial charge < -0.3 is 28.8 Å². The van der Waals surface area contributed by atoms with Crippen LogP contribution in [0.2, 0.25) is 0 Å². The average Bonchev–Trinajstić information content (AvgIpc) is 3.43. The lowest BCUT2D eigenvalue weighted by atomic mass is 10.0. The number of carbonyl (C=O) groups excluding carboxylic acids is 1. The number of hydrogen-bond donors (Lipinski definition) is 2. The van der Waals surface area contributed by atoms with Gasteiger partial charge in [-0.15, -0.1) is 0 Å². The molecule has 0 aromatic heterocycles. The first-order valence-electron chi connectivity index (χ1n) is 35.8. The number of aliphatic hydroxyl groups is 1. The number of phosphoric acid groups is 1. The quantitative estimate of drug-likeness (QED) is 0.0272. The molecule has 9 heteroatoms. The largest absolute Gasteiger partial charge is 0.756 e. The molecule has 0 aliphatic carbocycles. The zero-order valence-electron chi connectivity index (χ0n) is 55.0. The van der Waals surface area contributed by atoms with Crippen molar-refractivity contribution in [3.63, 3.8) is 0 Å². The molecule has 0 spiro atoms. The van der Waals surface area contributed by atoms with E-state index in [0.717, 1.165) is 51.4 Å². The molecule has 0 radical (unpaired) electrons. The van der Waals surface area contributed by atoms with Gasteiger partial charge in [0.2, 0.25) is 5.91 Å². The Morgan fingerprint density at radius 1 is 0.432 bits per heavy atom. The Balaban J connectivity index is 4.01. The van der Waals surface area contributed by atoms with Crippen LogP contribution in [-0.2, 0) is 18.4 Å². The molecular formula is C72H141N2O6P. The summed E-state index contributed by atoms with van der Waals surface area (Å²) in [6.45, 7) is 4.76. The highest BCUT2D eigenvalue weighted by atomic mass is 31.2. The van der Waals surface area contributed by atoms with Crippen LogP contribution in [0.1, 0.15) is 367 Å². The van der Waals surface area contributed by atoms with Crippen molar-refractivity contribution in [3.8, 4) is 0 Å². The van der Waals surface area contributed by atoms with Crippen molar-refractivity contribution in [1.29, 1.82) is 0 Å². The number of carbonyl (C=O) groups is 1. The summed E-state index contributed by atoms with van der Waals surface area (Å²) in [6.07, 6.45) is 83.7. The van der Waals surface area contributed by atoms with E-state index in [0.29, 0.717) is 23.9 Å². The summed E-state index contributed by atoms with van der Waals surface area (Å²) in [6, 6.07) is -0.804. The molecule has 0 saturated carbocycles. The standard InChI is InChI=1S/C72H141N2O6P/c1-6-8-10-12-14-16-18-20-22-24-26-28-30-32-34-35-36-37-38-40-41-43-45-47-49-51-53-55-57-59-61-63-65-71(75)70(69-80-81(77,78)79-68-67-74(3,4)5)73-72(76)66-64-62-60-58-56-54-52-50-48-46-44-42-39-33-31-29-27-25-23-21-19-17-15-13-11-9-7-2/h19,21,25,27,31,33,70-71,75H,6-18,20,22-24,26,28-30,32,34-69H2,1-5H3,(H-,73,76,77,78)/b21-19-,27-25-,33-31-. The normalized spacial score (nSPS) is 13.8. The van der Waals surface area contributed by atoms with Gasteiger partial charge in [-0.05, 0) is 51.4 Å². The molecule has 3 unspecified atom stereocenters. The van der Waals surface area contributed by atoms with Crippen LogP contribution in [0.3, 0.4) is 0 Å². The fourth-order valence-electron chi connectivity index (χ4n) is 11.1. The number of hydrogen-bond acceptors (Lipinski definition) is 6. The van der Waals surface area contributed by atoms with Gasteiger partial charge in [0.1, 0.15) is 13.2 Å².